The highest BCUT2D eigenvalue weighted by Crippen LogP contribution is 2.26. The van der Waals surface area contributed by atoms with Crippen LogP contribution >= 0.6 is 11.8 Å². The molecule has 0 bridgehead atoms. The Balaban J connectivity index is 2.07. The molecule has 1 aliphatic heterocycles. The molecule has 1 fully saturated rings. The van der Waals surface area contributed by atoms with Gasteiger partial charge in [0.2, 0.25) is 11.0 Å². The van der Waals surface area contributed by atoms with Gasteiger partial charge in [0.25, 0.3) is 0 Å². The maximum atomic E-state index is 12.0. The first-order valence-electron chi connectivity index (χ1n) is 7.90. The first-order chi connectivity index (χ1) is 9.67. The van der Waals surface area contributed by atoms with Crippen LogP contribution in [0.5, 0.6) is 0 Å². The lowest BCUT2D eigenvalue weighted by Gasteiger charge is -2.42. The minimum atomic E-state index is -0.521. The zero-order chi connectivity index (χ0) is 14.4. The van der Waals surface area contributed by atoms with Gasteiger partial charge in [0, 0.05) is 17.8 Å². The molecule has 1 atom stereocenters. The van der Waals surface area contributed by atoms with Gasteiger partial charge in [-0.15, -0.1) is 0 Å². The van der Waals surface area contributed by atoms with Crippen molar-refractivity contribution in [1.82, 2.24) is 16.0 Å². The second-order valence-corrected chi connectivity index (χ2v) is 7.11. The lowest BCUT2D eigenvalue weighted by Crippen LogP contribution is -2.69. The van der Waals surface area contributed by atoms with Gasteiger partial charge < -0.3 is 10.6 Å². The Labute approximate surface area is 126 Å². The van der Waals surface area contributed by atoms with E-state index in [0.717, 1.165) is 24.3 Å². The summed E-state index contributed by atoms with van der Waals surface area (Å²) in [6, 6.07) is 0.497. The summed E-state index contributed by atoms with van der Waals surface area (Å²) in [7, 11) is 0. The van der Waals surface area contributed by atoms with Gasteiger partial charge in [-0.1, -0.05) is 51.3 Å². The van der Waals surface area contributed by atoms with E-state index in [0.29, 0.717) is 6.04 Å². The summed E-state index contributed by atoms with van der Waals surface area (Å²) < 4.78 is 0. The molecular weight excluding hydrogens is 270 g/mol. The molecule has 1 aliphatic carbocycles. The van der Waals surface area contributed by atoms with Crippen LogP contribution in [0.15, 0.2) is 11.8 Å². The van der Waals surface area contributed by atoms with Crippen molar-refractivity contribution in [2.45, 2.75) is 70.0 Å². The van der Waals surface area contributed by atoms with Gasteiger partial charge in [0.1, 0.15) is 0 Å². The molecule has 1 saturated carbocycles. The second-order valence-electron chi connectivity index (χ2n) is 5.63. The monoisotopic (exact) mass is 297 g/mol. The zero-order valence-corrected chi connectivity index (χ0v) is 13.4. The van der Waals surface area contributed by atoms with Crippen LogP contribution in [0.1, 0.15) is 58.8 Å². The number of hydrogen-bond acceptors (Lipinski definition) is 4. The standard InChI is InChI=1S/C15H27N3OS/c1-3-8-13-11-14(19)18-15(17-13,20-4-2)16-12-9-6-5-7-10-12/h11-12,16-17H,3-10H2,1-2H3,(H,18,19)/t15-/m1/s1. The van der Waals surface area contributed by atoms with Crippen molar-refractivity contribution < 1.29 is 4.79 Å². The summed E-state index contributed by atoms with van der Waals surface area (Å²) in [5.41, 5.74) is 1.04. The number of thioether (sulfide) groups is 1. The average Bonchev–Trinajstić information content (AvgIpc) is 2.39. The second kappa shape index (κ2) is 7.36. The van der Waals surface area contributed by atoms with Crippen LogP contribution in [0, 0.1) is 0 Å². The van der Waals surface area contributed by atoms with Gasteiger partial charge in [-0.05, 0) is 25.0 Å². The maximum absolute atomic E-state index is 12.0. The normalized spacial score (nSPS) is 27.7. The molecule has 1 heterocycles. The smallest absolute Gasteiger partial charge is 0.249 e. The number of carbonyl (C=O) groups is 1. The minimum absolute atomic E-state index is 0.0106. The van der Waals surface area contributed by atoms with E-state index in [4.69, 9.17) is 0 Å². The van der Waals surface area contributed by atoms with E-state index >= 15 is 0 Å². The van der Waals surface area contributed by atoms with Crippen LogP contribution < -0.4 is 16.0 Å². The summed E-state index contributed by atoms with van der Waals surface area (Å²) in [5, 5.41) is 9.77. The lowest BCUT2D eigenvalue weighted by atomic mass is 9.95. The SMILES string of the molecule is CCCC1=CC(=O)N[C@](NC2CCCCC2)(SCC)N1. The Morgan fingerprint density at radius 2 is 2.05 bits per heavy atom. The van der Waals surface area contributed by atoms with Gasteiger partial charge >= 0.3 is 0 Å². The molecule has 3 N–H and O–H groups in total. The summed E-state index contributed by atoms with van der Waals surface area (Å²) in [5.74, 6) is 0.961. The van der Waals surface area contributed by atoms with Gasteiger partial charge in [-0.2, -0.15) is 0 Å². The van der Waals surface area contributed by atoms with Gasteiger partial charge in [0.05, 0.1) is 0 Å². The van der Waals surface area contributed by atoms with Crippen molar-refractivity contribution >= 4 is 17.7 Å². The molecule has 0 aromatic heterocycles. The highest BCUT2D eigenvalue weighted by Gasteiger charge is 2.37. The molecule has 20 heavy (non-hydrogen) atoms. The van der Waals surface area contributed by atoms with E-state index in [9.17, 15) is 4.79 Å². The molecule has 0 spiro atoms. The van der Waals surface area contributed by atoms with Crippen LogP contribution in [-0.2, 0) is 4.79 Å². The third kappa shape index (κ3) is 4.16. The van der Waals surface area contributed by atoms with Gasteiger partial charge in [0.15, 0.2) is 0 Å². The highest BCUT2D eigenvalue weighted by molar-refractivity contribution is 8.00. The van der Waals surface area contributed by atoms with Crippen molar-refractivity contribution in [2.24, 2.45) is 0 Å². The quantitative estimate of drug-likeness (QED) is 0.660. The van der Waals surface area contributed by atoms with E-state index in [2.05, 4.69) is 29.8 Å². The predicted molar refractivity (Wildman–Crippen MR) is 85.1 cm³/mol. The first-order valence-corrected chi connectivity index (χ1v) is 8.88. The summed E-state index contributed by atoms with van der Waals surface area (Å²) >= 11 is 1.73. The molecule has 0 aromatic rings. The molecule has 4 nitrogen and oxygen atoms in total. The van der Waals surface area contributed by atoms with E-state index in [-0.39, 0.29) is 5.91 Å². The fourth-order valence-corrected chi connectivity index (χ4v) is 4.06. The highest BCUT2D eigenvalue weighted by atomic mass is 32.2. The zero-order valence-electron chi connectivity index (χ0n) is 12.6. The van der Waals surface area contributed by atoms with Crippen LogP contribution in [0.4, 0.5) is 0 Å². The van der Waals surface area contributed by atoms with Crippen LogP contribution in [0.2, 0.25) is 0 Å². The third-order valence-corrected chi connectivity index (χ3v) is 4.88. The van der Waals surface area contributed by atoms with Crippen molar-refractivity contribution in [3.05, 3.63) is 11.8 Å². The van der Waals surface area contributed by atoms with Crippen LogP contribution in [0.25, 0.3) is 0 Å². The first kappa shape index (κ1) is 15.7. The van der Waals surface area contributed by atoms with E-state index in [1.807, 2.05) is 0 Å². The Morgan fingerprint density at radius 3 is 2.70 bits per heavy atom. The number of nitrogens with one attached hydrogen (secondary N) is 3. The Hall–Kier alpha value is -0.680. The number of amides is 1. The molecular formula is C15H27N3OS. The lowest BCUT2D eigenvalue weighted by molar-refractivity contribution is -0.118. The molecule has 0 saturated heterocycles. The third-order valence-electron chi connectivity index (χ3n) is 3.83. The van der Waals surface area contributed by atoms with E-state index in [1.54, 1.807) is 17.8 Å². The Bertz CT molecular complexity index is 366. The number of carbonyl (C=O) groups excluding carboxylic acids is 1. The van der Waals surface area contributed by atoms with Crippen molar-refractivity contribution in [2.75, 3.05) is 5.75 Å². The molecule has 0 aromatic carbocycles. The predicted octanol–water partition coefficient (Wildman–Crippen LogP) is 2.68. The Morgan fingerprint density at radius 1 is 1.30 bits per heavy atom. The van der Waals surface area contributed by atoms with E-state index < -0.39 is 5.12 Å². The summed E-state index contributed by atoms with van der Waals surface area (Å²) in [4.78, 5) is 12.0. The molecule has 1 amide bonds. The van der Waals surface area contributed by atoms with Crippen LogP contribution in [-0.4, -0.2) is 22.8 Å². The number of allylic oxidation sites excluding steroid dienone is 1. The Kier molecular flexibility index (Phi) is 5.78. The minimum Gasteiger partial charge on any atom is -0.345 e. The van der Waals surface area contributed by atoms with Gasteiger partial charge in [-0.25, -0.2) is 0 Å². The number of hydrogen-bond donors (Lipinski definition) is 3. The number of rotatable bonds is 6. The molecule has 2 aliphatic rings. The fraction of sp³-hybridized carbons (Fsp3) is 0.800. The molecule has 0 radical (unpaired) electrons. The van der Waals surface area contributed by atoms with Crippen molar-refractivity contribution in [3.8, 4) is 0 Å². The average molecular weight is 297 g/mol. The largest absolute Gasteiger partial charge is 0.345 e. The maximum Gasteiger partial charge on any atom is 0.249 e. The van der Waals surface area contributed by atoms with Crippen molar-refractivity contribution in [1.29, 1.82) is 0 Å². The molecule has 5 heteroatoms. The molecule has 0 unspecified atom stereocenters. The van der Waals surface area contributed by atoms with Crippen molar-refractivity contribution in [3.63, 3.8) is 0 Å². The van der Waals surface area contributed by atoms with Gasteiger partial charge in [-0.3, -0.25) is 10.1 Å². The topological polar surface area (TPSA) is 53.2 Å². The fourth-order valence-electron chi connectivity index (χ4n) is 3.00. The summed E-state index contributed by atoms with van der Waals surface area (Å²) in [6.07, 6.45) is 9.99. The summed E-state index contributed by atoms with van der Waals surface area (Å²) in [6.45, 7) is 4.26. The van der Waals surface area contributed by atoms with Crippen LogP contribution in [0.3, 0.4) is 0 Å². The molecule has 2 rings (SSSR count). The molecule has 114 valence electrons. The van der Waals surface area contributed by atoms with E-state index in [1.165, 1.54) is 32.1 Å².